The van der Waals surface area contributed by atoms with Crippen LogP contribution in [-0.4, -0.2) is 26.9 Å². The van der Waals surface area contributed by atoms with Gasteiger partial charge in [-0.25, -0.2) is 4.98 Å². The third-order valence-corrected chi connectivity index (χ3v) is 4.86. The smallest absolute Gasteiger partial charge is 0.222 e. The van der Waals surface area contributed by atoms with Crippen molar-refractivity contribution in [1.29, 1.82) is 0 Å². The normalized spacial score (nSPS) is 13.1. The van der Waals surface area contributed by atoms with Gasteiger partial charge in [-0.3, -0.25) is 4.57 Å². The van der Waals surface area contributed by atoms with Gasteiger partial charge >= 0.3 is 0 Å². The van der Waals surface area contributed by atoms with Gasteiger partial charge in [0, 0.05) is 24.3 Å². The third-order valence-electron chi connectivity index (χ3n) is 2.83. The van der Waals surface area contributed by atoms with E-state index in [9.17, 15) is 0 Å². The molecule has 1 atom stereocenters. The van der Waals surface area contributed by atoms with Crippen LogP contribution in [0.5, 0.6) is 0 Å². The van der Waals surface area contributed by atoms with Crippen LogP contribution in [0, 0.1) is 0 Å². The first-order valence-electron chi connectivity index (χ1n) is 6.33. The molecule has 2 aromatic heterocycles. The fourth-order valence-electron chi connectivity index (χ4n) is 1.69. The summed E-state index contributed by atoms with van der Waals surface area (Å²) in [5.41, 5.74) is 6.84. The summed E-state index contributed by atoms with van der Waals surface area (Å²) >= 11 is 3.21. The summed E-state index contributed by atoms with van der Waals surface area (Å²) in [7, 11) is 1.69. The SMILES string of the molecule is CO[C@@H](C)c1nc(CSc2nnc(N)n2C(C)C)cs1. The molecule has 8 heteroatoms. The molecule has 2 rings (SSSR count). The second kappa shape index (κ2) is 6.55. The first-order valence-corrected chi connectivity index (χ1v) is 8.19. The maximum Gasteiger partial charge on any atom is 0.222 e. The lowest BCUT2D eigenvalue weighted by molar-refractivity contribution is 0.119. The van der Waals surface area contributed by atoms with Crippen molar-refractivity contribution in [2.45, 2.75) is 43.8 Å². The largest absolute Gasteiger partial charge is 0.375 e. The maximum atomic E-state index is 5.82. The molecule has 0 saturated heterocycles. The quantitative estimate of drug-likeness (QED) is 0.826. The van der Waals surface area contributed by atoms with E-state index in [0.717, 1.165) is 21.6 Å². The number of aromatic nitrogens is 4. The second-order valence-corrected chi connectivity index (χ2v) is 6.48. The summed E-state index contributed by atoms with van der Waals surface area (Å²) in [5, 5.41) is 11.9. The van der Waals surface area contributed by atoms with Gasteiger partial charge in [-0.1, -0.05) is 11.8 Å². The molecular weight excluding hydrogens is 294 g/mol. The van der Waals surface area contributed by atoms with Crippen LogP contribution in [-0.2, 0) is 10.5 Å². The van der Waals surface area contributed by atoms with Crippen molar-refractivity contribution in [3.8, 4) is 0 Å². The molecule has 0 aliphatic carbocycles. The van der Waals surface area contributed by atoms with E-state index in [-0.39, 0.29) is 12.1 Å². The number of nitrogen functional groups attached to an aromatic ring is 1. The zero-order chi connectivity index (χ0) is 14.7. The van der Waals surface area contributed by atoms with Crippen molar-refractivity contribution in [1.82, 2.24) is 19.7 Å². The van der Waals surface area contributed by atoms with Gasteiger partial charge < -0.3 is 10.5 Å². The predicted octanol–water partition coefficient (Wildman–Crippen LogP) is 2.90. The van der Waals surface area contributed by atoms with Gasteiger partial charge in [0.15, 0.2) is 5.16 Å². The minimum absolute atomic E-state index is 0.0358. The Morgan fingerprint density at radius 1 is 1.40 bits per heavy atom. The van der Waals surface area contributed by atoms with E-state index >= 15 is 0 Å². The van der Waals surface area contributed by atoms with Crippen LogP contribution < -0.4 is 5.73 Å². The van der Waals surface area contributed by atoms with E-state index in [1.54, 1.807) is 30.2 Å². The highest BCUT2D eigenvalue weighted by Crippen LogP contribution is 2.27. The van der Waals surface area contributed by atoms with Crippen molar-refractivity contribution in [3.63, 3.8) is 0 Å². The highest BCUT2D eigenvalue weighted by molar-refractivity contribution is 7.98. The topological polar surface area (TPSA) is 78.8 Å². The number of nitrogens with zero attached hydrogens (tertiary/aromatic N) is 4. The van der Waals surface area contributed by atoms with E-state index in [0.29, 0.717) is 5.95 Å². The van der Waals surface area contributed by atoms with E-state index in [2.05, 4.69) is 34.4 Å². The number of methoxy groups -OCH3 is 1. The van der Waals surface area contributed by atoms with Crippen molar-refractivity contribution in [2.75, 3.05) is 12.8 Å². The summed E-state index contributed by atoms with van der Waals surface area (Å²) in [4.78, 5) is 4.56. The van der Waals surface area contributed by atoms with Gasteiger partial charge in [0.2, 0.25) is 5.95 Å². The summed E-state index contributed by atoms with van der Waals surface area (Å²) in [5.74, 6) is 1.20. The second-order valence-electron chi connectivity index (χ2n) is 4.65. The number of thioether (sulfide) groups is 1. The molecule has 6 nitrogen and oxygen atoms in total. The van der Waals surface area contributed by atoms with Crippen LogP contribution in [0.1, 0.15) is 43.6 Å². The van der Waals surface area contributed by atoms with Crippen LogP contribution in [0.15, 0.2) is 10.5 Å². The van der Waals surface area contributed by atoms with Gasteiger partial charge in [-0.2, -0.15) is 0 Å². The Labute approximate surface area is 126 Å². The van der Waals surface area contributed by atoms with Crippen LogP contribution in [0.25, 0.3) is 0 Å². The molecule has 0 bridgehead atoms. The molecule has 110 valence electrons. The van der Waals surface area contributed by atoms with Gasteiger partial charge in [-0.05, 0) is 20.8 Å². The molecule has 0 aromatic carbocycles. The molecule has 0 amide bonds. The highest BCUT2D eigenvalue weighted by atomic mass is 32.2. The first-order chi connectivity index (χ1) is 9.52. The van der Waals surface area contributed by atoms with E-state index in [1.807, 2.05) is 11.5 Å². The first kappa shape index (κ1) is 15.3. The standard InChI is InChI=1S/C12H19N5OS2/c1-7(2)17-11(13)15-16-12(17)20-6-9-5-19-10(14-9)8(3)18-4/h5,7-8H,6H2,1-4H3,(H2,13,15)/t8-/m0/s1. The van der Waals surface area contributed by atoms with Crippen LogP contribution in [0.4, 0.5) is 5.95 Å². The van der Waals surface area contributed by atoms with Crippen LogP contribution in [0.3, 0.4) is 0 Å². The molecule has 0 aliphatic rings. The Balaban J connectivity index is 2.04. The van der Waals surface area contributed by atoms with E-state index < -0.39 is 0 Å². The van der Waals surface area contributed by atoms with Gasteiger partial charge in [0.1, 0.15) is 11.1 Å². The zero-order valence-electron chi connectivity index (χ0n) is 12.0. The number of hydrogen-bond acceptors (Lipinski definition) is 7. The molecule has 0 spiro atoms. The van der Waals surface area contributed by atoms with E-state index in [1.165, 1.54) is 0 Å². The molecule has 0 unspecified atom stereocenters. The molecule has 0 fully saturated rings. The molecule has 2 aromatic rings. The van der Waals surface area contributed by atoms with Crippen molar-refractivity contribution >= 4 is 29.0 Å². The Bertz CT molecular complexity index is 566. The lowest BCUT2D eigenvalue weighted by Gasteiger charge is -2.10. The van der Waals surface area contributed by atoms with Crippen molar-refractivity contribution < 1.29 is 4.74 Å². The summed E-state index contributed by atoms with van der Waals surface area (Å²) in [6, 6.07) is 0.243. The monoisotopic (exact) mass is 313 g/mol. The minimum atomic E-state index is 0.0358. The molecule has 0 saturated carbocycles. The molecule has 0 radical (unpaired) electrons. The minimum Gasteiger partial charge on any atom is -0.375 e. The number of anilines is 1. The lowest BCUT2D eigenvalue weighted by Crippen LogP contribution is -2.07. The average Bonchev–Trinajstić information content (AvgIpc) is 3.02. The van der Waals surface area contributed by atoms with Gasteiger partial charge in [0.05, 0.1) is 5.69 Å². The third kappa shape index (κ3) is 3.31. The Kier molecular flexibility index (Phi) is 5.00. The molecule has 0 aliphatic heterocycles. The van der Waals surface area contributed by atoms with Crippen molar-refractivity contribution in [3.05, 3.63) is 16.1 Å². The molecular formula is C12H19N5OS2. The highest BCUT2D eigenvalue weighted by Gasteiger charge is 2.14. The molecule has 2 N–H and O–H groups in total. The van der Waals surface area contributed by atoms with Crippen LogP contribution in [0.2, 0.25) is 0 Å². The Morgan fingerprint density at radius 3 is 2.80 bits per heavy atom. The fraction of sp³-hybridized carbons (Fsp3) is 0.583. The summed E-state index contributed by atoms with van der Waals surface area (Å²) in [6.45, 7) is 6.11. The van der Waals surface area contributed by atoms with Crippen molar-refractivity contribution in [2.24, 2.45) is 0 Å². The molecule has 2 heterocycles. The van der Waals surface area contributed by atoms with Gasteiger partial charge in [0.25, 0.3) is 0 Å². The number of nitrogens with two attached hydrogens (primary N) is 1. The number of ether oxygens (including phenoxy) is 1. The average molecular weight is 313 g/mol. The Hall–Kier alpha value is -1.12. The van der Waals surface area contributed by atoms with E-state index in [4.69, 9.17) is 10.5 Å². The zero-order valence-corrected chi connectivity index (χ0v) is 13.7. The summed E-state index contributed by atoms with van der Waals surface area (Å²) < 4.78 is 7.19. The lowest BCUT2D eigenvalue weighted by atomic mass is 10.4. The maximum absolute atomic E-state index is 5.82. The number of rotatable bonds is 6. The Morgan fingerprint density at radius 2 is 2.15 bits per heavy atom. The number of hydrogen-bond donors (Lipinski definition) is 1. The van der Waals surface area contributed by atoms with Crippen LogP contribution >= 0.6 is 23.1 Å². The molecule has 20 heavy (non-hydrogen) atoms. The summed E-state index contributed by atoms with van der Waals surface area (Å²) in [6.07, 6.45) is 0.0358. The van der Waals surface area contributed by atoms with Gasteiger partial charge in [-0.15, -0.1) is 21.5 Å². The fourth-order valence-corrected chi connectivity index (χ4v) is 3.61. The predicted molar refractivity (Wildman–Crippen MR) is 81.9 cm³/mol. The number of thiazole rings is 1.